The molecule has 0 aromatic heterocycles. The third-order valence-corrected chi connectivity index (χ3v) is 2.88. The molecule has 1 aromatic rings. The normalized spacial score (nSPS) is 14.9. The van der Waals surface area contributed by atoms with E-state index in [1.165, 1.54) is 0 Å². The Kier molecular flexibility index (Phi) is 3.48. The molecule has 15 heavy (non-hydrogen) atoms. The van der Waals surface area contributed by atoms with Gasteiger partial charge < -0.3 is 5.11 Å². The molecule has 3 heteroatoms. The van der Waals surface area contributed by atoms with E-state index in [1.807, 2.05) is 37.3 Å². The van der Waals surface area contributed by atoms with Crippen LogP contribution in [0.1, 0.15) is 18.9 Å². The van der Waals surface area contributed by atoms with Crippen LogP contribution in [-0.4, -0.2) is 30.1 Å². The summed E-state index contributed by atoms with van der Waals surface area (Å²) in [6.07, 6.45) is 0.541. The van der Waals surface area contributed by atoms with Gasteiger partial charge in [0.25, 0.3) is 0 Å². The lowest BCUT2D eigenvalue weighted by molar-refractivity contribution is -0.151. The van der Waals surface area contributed by atoms with E-state index in [0.717, 1.165) is 5.56 Å². The minimum absolute atomic E-state index is 0.541. The van der Waals surface area contributed by atoms with Crippen LogP contribution in [0.5, 0.6) is 0 Å². The fraction of sp³-hybridized carbons (Fsp3) is 0.417. The molecule has 0 amide bonds. The summed E-state index contributed by atoms with van der Waals surface area (Å²) < 4.78 is 0. The molecule has 1 N–H and O–H groups in total. The molecule has 0 spiro atoms. The average Bonchev–Trinajstić information content (AvgIpc) is 2.20. The molecule has 0 saturated carbocycles. The van der Waals surface area contributed by atoms with Crippen molar-refractivity contribution < 1.29 is 9.90 Å². The van der Waals surface area contributed by atoms with Gasteiger partial charge in [0.2, 0.25) is 0 Å². The number of rotatable bonds is 4. The van der Waals surface area contributed by atoms with E-state index >= 15 is 0 Å². The monoisotopic (exact) mass is 207 g/mol. The Hall–Kier alpha value is -1.35. The second-order valence-electron chi connectivity index (χ2n) is 3.78. The van der Waals surface area contributed by atoms with Crippen molar-refractivity contribution in [1.82, 2.24) is 4.90 Å². The van der Waals surface area contributed by atoms with Crippen molar-refractivity contribution >= 4 is 5.97 Å². The van der Waals surface area contributed by atoms with Crippen molar-refractivity contribution in [2.24, 2.45) is 0 Å². The molecule has 0 fully saturated rings. The Morgan fingerprint density at radius 3 is 2.20 bits per heavy atom. The molecule has 0 heterocycles. The van der Waals surface area contributed by atoms with Gasteiger partial charge >= 0.3 is 5.97 Å². The summed E-state index contributed by atoms with van der Waals surface area (Å²) in [7, 11) is 3.59. The molecular formula is C12H17NO2. The maximum Gasteiger partial charge on any atom is 0.328 e. The number of aliphatic carboxylic acids is 1. The van der Waals surface area contributed by atoms with Gasteiger partial charge in [0, 0.05) is 0 Å². The average molecular weight is 207 g/mol. The number of hydrogen-bond acceptors (Lipinski definition) is 2. The molecule has 0 saturated heterocycles. The number of carboxylic acids is 1. The van der Waals surface area contributed by atoms with E-state index in [0.29, 0.717) is 6.42 Å². The van der Waals surface area contributed by atoms with Gasteiger partial charge in [-0.3, -0.25) is 4.90 Å². The van der Waals surface area contributed by atoms with Gasteiger partial charge in [-0.2, -0.15) is 0 Å². The fourth-order valence-electron chi connectivity index (χ4n) is 1.96. The van der Waals surface area contributed by atoms with Crippen LogP contribution in [0.2, 0.25) is 0 Å². The molecule has 1 unspecified atom stereocenters. The summed E-state index contributed by atoms with van der Waals surface area (Å²) in [6, 6.07) is 9.34. The highest BCUT2D eigenvalue weighted by atomic mass is 16.4. The van der Waals surface area contributed by atoms with E-state index < -0.39 is 11.5 Å². The second kappa shape index (κ2) is 4.45. The zero-order chi connectivity index (χ0) is 11.5. The largest absolute Gasteiger partial charge is 0.480 e. The highest BCUT2D eigenvalue weighted by Gasteiger charge is 2.40. The van der Waals surface area contributed by atoms with E-state index in [-0.39, 0.29) is 0 Å². The molecule has 82 valence electrons. The molecule has 1 rings (SSSR count). The Morgan fingerprint density at radius 2 is 1.87 bits per heavy atom. The summed E-state index contributed by atoms with van der Waals surface area (Å²) in [5, 5.41) is 9.41. The number of benzene rings is 1. The predicted molar refractivity (Wildman–Crippen MR) is 59.7 cm³/mol. The quantitative estimate of drug-likeness (QED) is 0.820. The van der Waals surface area contributed by atoms with Crippen molar-refractivity contribution in [2.45, 2.75) is 18.9 Å². The topological polar surface area (TPSA) is 40.5 Å². The van der Waals surface area contributed by atoms with Gasteiger partial charge in [0.1, 0.15) is 5.54 Å². The maximum atomic E-state index is 11.5. The zero-order valence-corrected chi connectivity index (χ0v) is 9.40. The summed E-state index contributed by atoms with van der Waals surface area (Å²) in [4.78, 5) is 13.2. The van der Waals surface area contributed by atoms with Crippen molar-refractivity contribution in [2.75, 3.05) is 14.1 Å². The smallest absolute Gasteiger partial charge is 0.328 e. The first-order valence-electron chi connectivity index (χ1n) is 5.02. The number of likely N-dealkylation sites (N-methyl/N-ethyl adjacent to an activating group) is 1. The van der Waals surface area contributed by atoms with Gasteiger partial charge in [-0.25, -0.2) is 4.79 Å². The molecule has 1 aromatic carbocycles. The van der Waals surface area contributed by atoms with E-state index in [2.05, 4.69) is 0 Å². The number of carbonyl (C=O) groups is 1. The summed E-state index contributed by atoms with van der Waals surface area (Å²) in [6.45, 7) is 1.89. The molecule has 0 aliphatic rings. The first-order valence-corrected chi connectivity index (χ1v) is 5.02. The Balaban J connectivity index is 3.28. The third kappa shape index (κ3) is 1.88. The SMILES string of the molecule is CCC(C(=O)O)(c1ccccc1)N(C)C. The van der Waals surface area contributed by atoms with Crippen LogP contribution in [-0.2, 0) is 10.3 Å². The summed E-state index contributed by atoms with van der Waals surface area (Å²) in [5.74, 6) is -0.804. The van der Waals surface area contributed by atoms with Crippen LogP contribution in [0, 0.1) is 0 Å². The van der Waals surface area contributed by atoms with Crippen molar-refractivity contribution in [3.05, 3.63) is 35.9 Å². The number of nitrogens with zero attached hydrogens (tertiary/aromatic N) is 1. The first-order chi connectivity index (χ1) is 7.05. The highest BCUT2D eigenvalue weighted by molar-refractivity contribution is 5.80. The molecule has 3 nitrogen and oxygen atoms in total. The van der Waals surface area contributed by atoms with Crippen molar-refractivity contribution in [3.63, 3.8) is 0 Å². The van der Waals surface area contributed by atoms with Gasteiger partial charge in [0.05, 0.1) is 0 Å². The van der Waals surface area contributed by atoms with Gasteiger partial charge in [-0.15, -0.1) is 0 Å². The Morgan fingerprint density at radius 1 is 1.33 bits per heavy atom. The number of carboxylic acid groups (broad SMARTS) is 1. The van der Waals surface area contributed by atoms with Gasteiger partial charge in [0.15, 0.2) is 0 Å². The van der Waals surface area contributed by atoms with Crippen LogP contribution >= 0.6 is 0 Å². The van der Waals surface area contributed by atoms with E-state index in [1.54, 1.807) is 19.0 Å². The highest BCUT2D eigenvalue weighted by Crippen LogP contribution is 2.30. The maximum absolute atomic E-state index is 11.5. The summed E-state index contributed by atoms with van der Waals surface area (Å²) >= 11 is 0. The Bertz CT molecular complexity index is 335. The second-order valence-corrected chi connectivity index (χ2v) is 3.78. The molecule has 0 bridgehead atoms. The Labute approximate surface area is 90.3 Å². The first kappa shape index (κ1) is 11.7. The minimum Gasteiger partial charge on any atom is -0.480 e. The van der Waals surface area contributed by atoms with Crippen molar-refractivity contribution in [1.29, 1.82) is 0 Å². The van der Waals surface area contributed by atoms with Gasteiger partial charge in [-0.05, 0) is 26.1 Å². The third-order valence-electron chi connectivity index (χ3n) is 2.88. The molecular weight excluding hydrogens is 190 g/mol. The van der Waals surface area contributed by atoms with Gasteiger partial charge in [-0.1, -0.05) is 37.3 Å². The minimum atomic E-state index is -0.915. The molecule has 0 radical (unpaired) electrons. The lowest BCUT2D eigenvalue weighted by atomic mass is 9.86. The van der Waals surface area contributed by atoms with E-state index in [9.17, 15) is 9.90 Å². The zero-order valence-electron chi connectivity index (χ0n) is 9.40. The van der Waals surface area contributed by atoms with Crippen LogP contribution in [0.25, 0.3) is 0 Å². The fourth-order valence-corrected chi connectivity index (χ4v) is 1.96. The molecule has 0 aliphatic heterocycles. The van der Waals surface area contributed by atoms with Crippen LogP contribution in [0.4, 0.5) is 0 Å². The van der Waals surface area contributed by atoms with Crippen LogP contribution in [0.3, 0.4) is 0 Å². The van der Waals surface area contributed by atoms with Crippen LogP contribution < -0.4 is 0 Å². The van der Waals surface area contributed by atoms with E-state index in [4.69, 9.17) is 0 Å². The standard InChI is InChI=1S/C12H17NO2/c1-4-12(11(14)15,13(2)3)10-8-6-5-7-9-10/h5-9H,4H2,1-3H3,(H,14,15). The van der Waals surface area contributed by atoms with Crippen molar-refractivity contribution in [3.8, 4) is 0 Å². The lowest BCUT2D eigenvalue weighted by Crippen LogP contribution is -2.47. The summed E-state index contributed by atoms with van der Waals surface area (Å²) in [5.41, 5.74) is -0.0913. The van der Waals surface area contributed by atoms with Crippen LogP contribution in [0.15, 0.2) is 30.3 Å². The number of hydrogen-bond donors (Lipinski definition) is 1. The molecule has 0 aliphatic carbocycles. The lowest BCUT2D eigenvalue weighted by Gasteiger charge is -2.35. The predicted octanol–water partition coefficient (Wildman–Crippen LogP) is 1.94. The molecule has 1 atom stereocenters.